The summed E-state index contributed by atoms with van der Waals surface area (Å²) < 4.78 is 0. The predicted molar refractivity (Wildman–Crippen MR) is 36.8 cm³/mol. The van der Waals surface area contributed by atoms with Crippen LogP contribution in [-0.2, 0) is 4.79 Å². The molecule has 0 saturated carbocycles. The lowest BCUT2D eigenvalue weighted by Gasteiger charge is -1.99. The lowest BCUT2D eigenvalue weighted by atomic mass is 10.1. The first-order chi connectivity index (χ1) is 4.39. The van der Waals surface area contributed by atoms with Crippen LogP contribution in [0.3, 0.4) is 0 Å². The molecule has 0 unspecified atom stereocenters. The van der Waals surface area contributed by atoms with Crippen LogP contribution < -0.4 is 0 Å². The summed E-state index contributed by atoms with van der Waals surface area (Å²) in [6.07, 6.45) is 5.51. The minimum atomic E-state index is 0.190. The Balaban J connectivity index is 2.39. The van der Waals surface area contributed by atoms with E-state index in [-0.39, 0.29) is 5.78 Å². The molecule has 0 N–H and O–H groups in total. The Hall–Kier alpha value is -0.660. The molecule has 0 aromatic heterocycles. The zero-order chi connectivity index (χ0) is 6.53. The van der Waals surface area contributed by atoms with Crippen LogP contribution in [0.1, 0.15) is 25.7 Å². The van der Waals surface area contributed by atoms with E-state index in [9.17, 15) is 4.79 Å². The standard InChI is InChI=1S/C7H11NO/c9-7-4-2-1-3-5-8-6-7/h6H,1-5H2. The average molecular weight is 125 g/mol. The smallest absolute Gasteiger partial charge is 0.173 e. The fourth-order valence-corrected chi connectivity index (χ4v) is 0.910. The third kappa shape index (κ3) is 2.40. The molecule has 0 spiro atoms. The van der Waals surface area contributed by atoms with Gasteiger partial charge in [0.25, 0.3) is 0 Å². The second kappa shape index (κ2) is 3.38. The maximum Gasteiger partial charge on any atom is 0.173 e. The maximum atomic E-state index is 10.7. The average Bonchev–Trinajstić information content (AvgIpc) is 1.79. The van der Waals surface area contributed by atoms with Gasteiger partial charge in [-0.25, -0.2) is 0 Å². The third-order valence-electron chi connectivity index (χ3n) is 1.45. The molecule has 2 heteroatoms. The van der Waals surface area contributed by atoms with Gasteiger partial charge in [0, 0.05) is 13.0 Å². The first kappa shape index (κ1) is 6.46. The summed E-state index contributed by atoms with van der Waals surface area (Å²) in [5, 5.41) is 0. The quantitative estimate of drug-likeness (QED) is 0.478. The van der Waals surface area contributed by atoms with Gasteiger partial charge in [0.2, 0.25) is 0 Å². The monoisotopic (exact) mass is 125 g/mol. The number of hydrogen-bond acceptors (Lipinski definition) is 2. The topological polar surface area (TPSA) is 29.4 Å². The molecule has 50 valence electrons. The number of hydrogen-bond donors (Lipinski definition) is 0. The Bertz CT molecular complexity index is 129. The largest absolute Gasteiger partial charge is 0.293 e. The highest BCUT2D eigenvalue weighted by Crippen LogP contribution is 2.02. The van der Waals surface area contributed by atoms with Crippen LogP contribution in [-0.4, -0.2) is 18.5 Å². The van der Waals surface area contributed by atoms with E-state index in [2.05, 4.69) is 4.99 Å². The van der Waals surface area contributed by atoms with E-state index < -0.39 is 0 Å². The molecule has 0 fully saturated rings. The highest BCUT2D eigenvalue weighted by Gasteiger charge is 1.99. The van der Waals surface area contributed by atoms with Crippen LogP contribution >= 0.6 is 0 Å². The van der Waals surface area contributed by atoms with Crippen LogP contribution in [0, 0.1) is 0 Å². The molecule has 0 aliphatic carbocycles. The van der Waals surface area contributed by atoms with E-state index in [1.54, 1.807) is 0 Å². The van der Waals surface area contributed by atoms with E-state index in [0.717, 1.165) is 25.8 Å². The summed E-state index contributed by atoms with van der Waals surface area (Å²) in [5.74, 6) is 0.190. The van der Waals surface area contributed by atoms with E-state index in [1.807, 2.05) is 0 Å². The van der Waals surface area contributed by atoms with Crippen molar-refractivity contribution in [2.75, 3.05) is 6.54 Å². The first-order valence-electron chi connectivity index (χ1n) is 3.42. The van der Waals surface area contributed by atoms with E-state index in [4.69, 9.17) is 0 Å². The number of rotatable bonds is 0. The molecule has 1 rings (SSSR count). The van der Waals surface area contributed by atoms with Crippen molar-refractivity contribution in [3.8, 4) is 0 Å². The molecule has 0 atom stereocenters. The van der Waals surface area contributed by atoms with Crippen molar-refractivity contribution in [3.63, 3.8) is 0 Å². The number of ketones is 1. The highest BCUT2D eigenvalue weighted by atomic mass is 16.1. The highest BCUT2D eigenvalue weighted by molar-refractivity contribution is 6.27. The summed E-state index contributed by atoms with van der Waals surface area (Å²) in [5.41, 5.74) is 0. The van der Waals surface area contributed by atoms with Gasteiger partial charge in [-0.2, -0.15) is 0 Å². The van der Waals surface area contributed by atoms with Crippen LogP contribution in [0.5, 0.6) is 0 Å². The van der Waals surface area contributed by atoms with Crippen molar-refractivity contribution in [1.29, 1.82) is 0 Å². The van der Waals surface area contributed by atoms with Crippen LogP contribution in [0.4, 0.5) is 0 Å². The second-order valence-corrected chi connectivity index (χ2v) is 2.31. The van der Waals surface area contributed by atoms with Crippen molar-refractivity contribution >= 4 is 12.0 Å². The number of aliphatic imine (C=N–C) groups is 1. The van der Waals surface area contributed by atoms with Gasteiger partial charge in [-0.3, -0.25) is 9.79 Å². The van der Waals surface area contributed by atoms with Crippen LogP contribution in [0.2, 0.25) is 0 Å². The molecule has 1 heterocycles. The van der Waals surface area contributed by atoms with E-state index >= 15 is 0 Å². The van der Waals surface area contributed by atoms with Gasteiger partial charge in [-0.1, -0.05) is 6.42 Å². The van der Waals surface area contributed by atoms with Gasteiger partial charge in [0.1, 0.15) is 0 Å². The van der Waals surface area contributed by atoms with Gasteiger partial charge in [-0.05, 0) is 12.8 Å². The van der Waals surface area contributed by atoms with Crippen molar-refractivity contribution in [2.24, 2.45) is 4.99 Å². The zero-order valence-electron chi connectivity index (χ0n) is 5.47. The Kier molecular flexibility index (Phi) is 2.43. The van der Waals surface area contributed by atoms with E-state index in [1.165, 1.54) is 6.21 Å². The number of Topliss-reactive ketones (excluding diaryl/α,β-unsaturated/α-hetero) is 1. The molecule has 9 heavy (non-hydrogen) atoms. The Morgan fingerprint density at radius 3 is 3.11 bits per heavy atom. The third-order valence-corrected chi connectivity index (χ3v) is 1.45. The number of carbonyl (C=O) groups excluding carboxylic acids is 1. The lowest BCUT2D eigenvalue weighted by Crippen LogP contribution is -2.02. The Labute approximate surface area is 55.0 Å². The van der Waals surface area contributed by atoms with Gasteiger partial charge >= 0.3 is 0 Å². The molecule has 0 saturated heterocycles. The number of carbonyl (C=O) groups is 1. The summed E-state index contributed by atoms with van der Waals surface area (Å²) in [4.78, 5) is 14.6. The van der Waals surface area contributed by atoms with Gasteiger partial charge in [0.05, 0.1) is 6.21 Å². The van der Waals surface area contributed by atoms with Crippen molar-refractivity contribution in [2.45, 2.75) is 25.7 Å². The zero-order valence-corrected chi connectivity index (χ0v) is 5.47. The summed E-state index contributed by atoms with van der Waals surface area (Å²) in [7, 11) is 0. The molecular weight excluding hydrogens is 114 g/mol. The fraction of sp³-hybridized carbons (Fsp3) is 0.714. The molecule has 0 bridgehead atoms. The molecule has 1 aliphatic heterocycles. The second-order valence-electron chi connectivity index (χ2n) is 2.31. The predicted octanol–water partition coefficient (Wildman–Crippen LogP) is 1.20. The van der Waals surface area contributed by atoms with Crippen molar-refractivity contribution in [3.05, 3.63) is 0 Å². The normalized spacial score (nSPS) is 21.1. The maximum absolute atomic E-state index is 10.7. The lowest BCUT2D eigenvalue weighted by molar-refractivity contribution is -0.112. The minimum Gasteiger partial charge on any atom is -0.293 e. The van der Waals surface area contributed by atoms with Crippen LogP contribution in [0.15, 0.2) is 4.99 Å². The molecule has 2 nitrogen and oxygen atoms in total. The van der Waals surface area contributed by atoms with Gasteiger partial charge in [0.15, 0.2) is 5.78 Å². The minimum absolute atomic E-state index is 0.190. The summed E-state index contributed by atoms with van der Waals surface area (Å²) >= 11 is 0. The molecule has 0 aromatic rings. The molecule has 0 aromatic carbocycles. The molecule has 1 aliphatic rings. The van der Waals surface area contributed by atoms with Gasteiger partial charge in [-0.15, -0.1) is 0 Å². The molecular formula is C7H11NO. The SMILES string of the molecule is O=C1C=NCCCCC1. The van der Waals surface area contributed by atoms with E-state index in [0.29, 0.717) is 6.42 Å². The Morgan fingerprint density at radius 1 is 1.33 bits per heavy atom. The molecule has 0 radical (unpaired) electrons. The van der Waals surface area contributed by atoms with Crippen molar-refractivity contribution in [1.82, 2.24) is 0 Å². The summed E-state index contributed by atoms with van der Waals surface area (Å²) in [6, 6.07) is 0. The molecule has 0 amide bonds. The number of nitrogens with zero attached hydrogens (tertiary/aromatic N) is 1. The Morgan fingerprint density at radius 2 is 2.22 bits per heavy atom. The van der Waals surface area contributed by atoms with Gasteiger partial charge < -0.3 is 0 Å². The van der Waals surface area contributed by atoms with Crippen molar-refractivity contribution < 1.29 is 4.79 Å². The fourth-order valence-electron chi connectivity index (χ4n) is 0.910. The van der Waals surface area contributed by atoms with Crippen LogP contribution in [0.25, 0.3) is 0 Å². The first-order valence-corrected chi connectivity index (χ1v) is 3.42. The summed E-state index contributed by atoms with van der Waals surface area (Å²) in [6.45, 7) is 0.839.